The number of nitrogens with zero attached hydrogens (tertiary/aromatic N) is 1. The summed E-state index contributed by atoms with van der Waals surface area (Å²) in [6, 6.07) is 11.0. The number of hydrogen-bond donors (Lipinski definition) is 4. The number of hydrogen-bond acceptors (Lipinski definition) is 8. The topological polar surface area (TPSA) is 173 Å². The molecule has 0 saturated carbocycles. The minimum atomic E-state index is -4.21. The second kappa shape index (κ2) is 11.2. The van der Waals surface area contributed by atoms with E-state index in [1.807, 2.05) is 0 Å². The van der Waals surface area contributed by atoms with Crippen LogP contribution in [0.1, 0.15) is 17.5 Å². The highest BCUT2D eigenvalue weighted by molar-refractivity contribution is 7.89. The molecule has 5 N–H and O–H groups in total. The van der Waals surface area contributed by atoms with Crippen molar-refractivity contribution in [3.8, 4) is 11.5 Å². The summed E-state index contributed by atoms with van der Waals surface area (Å²) in [5, 5.41) is 11.0. The van der Waals surface area contributed by atoms with Gasteiger partial charge in [-0.15, -0.1) is 4.83 Å². The molecule has 0 spiro atoms. The van der Waals surface area contributed by atoms with Gasteiger partial charge in [0.2, 0.25) is 5.91 Å². The monoisotopic (exact) mass is 505 g/mol. The van der Waals surface area contributed by atoms with Crippen LogP contribution >= 0.6 is 0 Å². The lowest BCUT2D eigenvalue weighted by molar-refractivity contribution is -0.157. The molecule has 0 aromatic heterocycles. The Kier molecular flexibility index (Phi) is 8.27. The Morgan fingerprint density at radius 2 is 1.91 bits per heavy atom. The number of benzene rings is 2. The molecule has 0 bridgehead atoms. The lowest BCUT2D eigenvalue weighted by atomic mass is 10.1. The second-order valence-corrected chi connectivity index (χ2v) is 9.18. The van der Waals surface area contributed by atoms with E-state index in [0.717, 1.165) is 10.6 Å². The summed E-state index contributed by atoms with van der Waals surface area (Å²) in [6.45, 7) is 0.197. The molecule has 13 heteroatoms. The van der Waals surface area contributed by atoms with E-state index in [1.165, 1.54) is 26.4 Å². The average Bonchev–Trinajstić information content (AvgIpc) is 2.85. The lowest BCUT2D eigenvalue weighted by Crippen LogP contribution is -2.56. The molecule has 2 amide bonds. The summed E-state index contributed by atoms with van der Waals surface area (Å²) in [5.41, 5.74) is 6.77. The summed E-state index contributed by atoms with van der Waals surface area (Å²) >= 11 is 0. The molecule has 188 valence electrons. The quantitative estimate of drug-likeness (QED) is 0.260. The SMILES string of the molecule is COc1ccc(OC)c(S(=O)(=O)NN2CCOC(CC(=O)NCc3ccc(C(=N)N)cc3)C2=O)c1. The Labute approximate surface area is 202 Å². The molecule has 35 heavy (non-hydrogen) atoms. The Balaban J connectivity index is 1.62. The van der Waals surface area contributed by atoms with Gasteiger partial charge in [0.1, 0.15) is 28.3 Å². The van der Waals surface area contributed by atoms with Gasteiger partial charge in [-0.3, -0.25) is 20.0 Å². The average molecular weight is 506 g/mol. The van der Waals surface area contributed by atoms with Crippen LogP contribution in [0.25, 0.3) is 0 Å². The van der Waals surface area contributed by atoms with Crippen molar-refractivity contribution in [2.75, 3.05) is 27.4 Å². The molecule has 1 saturated heterocycles. The van der Waals surface area contributed by atoms with Crippen molar-refractivity contribution in [3.63, 3.8) is 0 Å². The van der Waals surface area contributed by atoms with E-state index >= 15 is 0 Å². The van der Waals surface area contributed by atoms with Crippen LogP contribution in [0.2, 0.25) is 0 Å². The number of amides is 2. The number of carbonyl (C=O) groups excluding carboxylic acids is 2. The fourth-order valence-corrected chi connectivity index (χ4v) is 4.57. The fraction of sp³-hybridized carbons (Fsp3) is 0.318. The van der Waals surface area contributed by atoms with Crippen LogP contribution in [0.15, 0.2) is 47.4 Å². The highest BCUT2D eigenvalue weighted by atomic mass is 32.2. The van der Waals surface area contributed by atoms with Crippen molar-refractivity contribution in [2.45, 2.75) is 24.0 Å². The Hall–Kier alpha value is -3.68. The first-order valence-corrected chi connectivity index (χ1v) is 12.0. The van der Waals surface area contributed by atoms with E-state index in [2.05, 4.69) is 10.1 Å². The Morgan fingerprint density at radius 1 is 1.20 bits per heavy atom. The smallest absolute Gasteiger partial charge is 0.267 e. The summed E-state index contributed by atoms with van der Waals surface area (Å²) in [7, 11) is -1.48. The molecule has 1 heterocycles. The minimum Gasteiger partial charge on any atom is -0.497 e. The van der Waals surface area contributed by atoms with Gasteiger partial charge in [-0.05, 0) is 17.7 Å². The maximum atomic E-state index is 13.0. The third-order valence-corrected chi connectivity index (χ3v) is 6.55. The first-order valence-electron chi connectivity index (χ1n) is 10.5. The van der Waals surface area contributed by atoms with E-state index in [4.69, 9.17) is 25.4 Å². The molecule has 0 radical (unpaired) electrons. The van der Waals surface area contributed by atoms with Gasteiger partial charge in [0.05, 0.1) is 33.8 Å². The first kappa shape index (κ1) is 25.9. The van der Waals surface area contributed by atoms with E-state index in [0.29, 0.717) is 11.3 Å². The van der Waals surface area contributed by atoms with Gasteiger partial charge in [-0.25, -0.2) is 8.42 Å². The van der Waals surface area contributed by atoms with E-state index < -0.39 is 27.9 Å². The Morgan fingerprint density at radius 3 is 2.54 bits per heavy atom. The van der Waals surface area contributed by atoms with Gasteiger partial charge in [-0.1, -0.05) is 24.3 Å². The predicted octanol–water partition coefficient (Wildman–Crippen LogP) is 0.115. The van der Waals surface area contributed by atoms with Crippen molar-refractivity contribution >= 4 is 27.7 Å². The zero-order chi connectivity index (χ0) is 25.6. The molecular weight excluding hydrogens is 478 g/mol. The van der Waals surface area contributed by atoms with Gasteiger partial charge in [0.15, 0.2) is 0 Å². The van der Waals surface area contributed by atoms with Gasteiger partial charge < -0.3 is 25.3 Å². The van der Waals surface area contributed by atoms with Crippen LogP contribution in [0.5, 0.6) is 11.5 Å². The molecule has 1 unspecified atom stereocenters. The molecular formula is C22H27N5O7S. The summed E-state index contributed by atoms with van der Waals surface area (Å²) in [4.78, 5) is 27.3. The van der Waals surface area contributed by atoms with Crippen LogP contribution in [0, 0.1) is 5.41 Å². The molecule has 2 aromatic rings. The summed E-state index contributed by atoms with van der Waals surface area (Å²) < 4.78 is 41.6. The minimum absolute atomic E-state index is 0.0357. The number of nitrogens with one attached hydrogen (secondary N) is 3. The van der Waals surface area contributed by atoms with Crippen molar-refractivity contribution in [1.29, 1.82) is 5.41 Å². The number of rotatable bonds is 10. The van der Waals surface area contributed by atoms with Crippen LogP contribution in [0.3, 0.4) is 0 Å². The van der Waals surface area contributed by atoms with Gasteiger partial charge >= 0.3 is 0 Å². The largest absolute Gasteiger partial charge is 0.497 e. The van der Waals surface area contributed by atoms with Gasteiger partial charge in [0.25, 0.3) is 15.9 Å². The van der Waals surface area contributed by atoms with Crippen LogP contribution in [-0.2, 0) is 30.9 Å². The van der Waals surface area contributed by atoms with E-state index in [-0.39, 0.29) is 42.6 Å². The van der Waals surface area contributed by atoms with Gasteiger partial charge in [0, 0.05) is 18.2 Å². The number of nitrogen functional groups attached to an aromatic ring is 1. The number of methoxy groups -OCH3 is 2. The lowest BCUT2D eigenvalue weighted by Gasteiger charge is -2.32. The zero-order valence-electron chi connectivity index (χ0n) is 19.2. The third-order valence-electron chi connectivity index (χ3n) is 5.19. The van der Waals surface area contributed by atoms with Gasteiger partial charge in [-0.2, -0.15) is 0 Å². The van der Waals surface area contributed by atoms with Crippen LogP contribution in [0.4, 0.5) is 0 Å². The molecule has 1 fully saturated rings. The number of carbonyl (C=O) groups is 2. The Bertz CT molecular complexity index is 1200. The molecule has 1 aliphatic heterocycles. The van der Waals surface area contributed by atoms with Crippen LogP contribution < -0.4 is 25.4 Å². The zero-order valence-corrected chi connectivity index (χ0v) is 20.1. The first-order chi connectivity index (χ1) is 16.6. The highest BCUT2D eigenvalue weighted by Crippen LogP contribution is 2.28. The molecule has 12 nitrogen and oxygen atoms in total. The molecule has 1 aliphatic rings. The predicted molar refractivity (Wildman–Crippen MR) is 125 cm³/mol. The number of nitrogens with two attached hydrogens (primary N) is 1. The molecule has 3 rings (SSSR count). The maximum absolute atomic E-state index is 13.0. The number of ether oxygens (including phenoxy) is 3. The molecule has 2 aromatic carbocycles. The third kappa shape index (κ3) is 6.47. The fourth-order valence-electron chi connectivity index (χ4n) is 3.31. The molecule has 0 aliphatic carbocycles. The summed E-state index contributed by atoms with van der Waals surface area (Å²) in [6.07, 6.45) is -1.44. The second-order valence-electron chi connectivity index (χ2n) is 7.55. The van der Waals surface area contributed by atoms with Crippen molar-refractivity contribution in [2.24, 2.45) is 5.73 Å². The van der Waals surface area contributed by atoms with E-state index in [9.17, 15) is 18.0 Å². The van der Waals surface area contributed by atoms with E-state index in [1.54, 1.807) is 30.3 Å². The highest BCUT2D eigenvalue weighted by Gasteiger charge is 2.35. The molecule has 1 atom stereocenters. The van der Waals surface area contributed by atoms with Crippen molar-refractivity contribution in [1.82, 2.24) is 15.2 Å². The van der Waals surface area contributed by atoms with Crippen molar-refractivity contribution < 1.29 is 32.2 Å². The van der Waals surface area contributed by atoms with Crippen molar-refractivity contribution in [3.05, 3.63) is 53.6 Å². The number of hydrazine groups is 1. The normalized spacial score (nSPS) is 16.0. The van der Waals surface area contributed by atoms with Crippen LogP contribution in [-0.4, -0.2) is 64.6 Å². The standard InChI is InChI=1S/C22H27N5O7S/c1-32-16-7-8-17(33-2)19(11-16)35(30,31)26-27-9-10-34-18(22(27)29)12-20(28)25-13-14-3-5-15(6-4-14)21(23)24/h3-8,11,18,26H,9-10,12-13H2,1-2H3,(H3,23,24)(H,25,28). The number of morpholine rings is 1. The maximum Gasteiger partial charge on any atom is 0.267 e. The number of sulfonamides is 1. The number of amidine groups is 1. The summed E-state index contributed by atoms with van der Waals surface area (Å²) in [5.74, 6) is -0.824.